The molecule has 0 atom stereocenters. The number of alkyl halides is 3. The zero-order chi connectivity index (χ0) is 22.1. The Labute approximate surface area is 169 Å². The molecule has 0 saturated carbocycles. The predicted octanol–water partition coefficient (Wildman–Crippen LogP) is 2.93. The molecule has 30 heavy (non-hydrogen) atoms. The van der Waals surface area contributed by atoms with Crippen molar-refractivity contribution in [3.63, 3.8) is 0 Å². The molecular formula is C19H19F3N6O2. The summed E-state index contributed by atoms with van der Waals surface area (Å²) in [6.45, 7) is 2.84. The highest BCUT2D eigenvalue weighted by atomic mass is 19.4. The number of aromatic amines is 1. The maximum Gasteiger partial charge on any atom is 0.416 e. The van der Waals surface area contributed by atoms with Gasteiger partial charge in [-0.15, -0.1) is 0 Å². The van der Waals surface area contributed by atoms with Crippen LogP contribution in [0.1, 0.15) is 25.0 Å². The second kappa shape index (κ2) is 8.01. The lowest BCUT2D eigenvalue weighted by Gasteiger charge is -2.27. The molecule has 0 saturated heterocycles. The third-order valence-electron chi connectivity index (χ3n) is 4.51. The van der Waals surface area contributed by atoms with E-state index in [1.54, 1.807) is 13.8 Å². The number of anilines is 2. The van der Waals surface area contributed by atoms with E-state index in [1.165, 1.54) is 30.6 Å². The average molecular weight is 420 g/mol. The third kappa shape index (κ3) is 4.19. The van der Waals surface area contributed by atoms with Crippen molar-refractivity contribution in [2.45, 2.75) is 32.6 Å². The molecule has 8 nitrogen and oxygen atoms in total. The first-order chi connectivity index (χ1) is 14.1. The van der Waals surface area contributed by atoms with E-state index in [9.17, 15) is 22.8 Å². The first-order valence-electron chi connectivity index (χ1n) is 8.94. The van der Waals surface area contributed by atoms with Gasteiger partial charge in [-0.2, -0.15) is 18.3 Å². The van der Waals surface area contributed by atoms with E-state index >= 15 is 0 Å². The largest absolute Gasteiger partial charge is 0.416 e. The van der Waals surface area contributed by atoms with E-state index in [2.05, 4.69) is 20.5 Å². The molecule has 0 radical (unpaired) electrons. The summed E-state index contributed by atoms with van der Waals surface area (Å²) in [5, 5.41) is 9.36. The Morgan fingerprint density at radius 3 is 2.60 bits per heavy atom. The number of amides is 2. The van der Waals surface area contributed by atoms with E-state index in [-0.39, 0.29) is 23.6 Å². The lowest BCUT2D eigenvalue weighted by atomic mass is 10.1. The van der Waals surface area contributed by atoms with E-state index < -0.39 is 29.6 Å². The van der Waals surface area contributed by atoms with Crippen molar-refractivity contribution in [1.29, 1.82) is 0 Å². The minimum atomic E-state index is -4.58. The molecule has 0 aliphatic carbocycles. The lowest BCUT2D eigenvalue weighted by Crippen LogP contribution is -2.43. The molecule has 2 amide bonds. The van der Waals surface area contributed by atoms with Gasteiger partial charge in [-0.05, 0) is 25.5 Å². The average Bonchev–Trinajstić information content (AvgIpc) is 3.18. The number of hydrogen-bond donors (Lipinski definition) is 3. The van der Waals surface area contributed by atoms with Gasteiger partial charge in [-0.1, -0.05) is 18.2 Å². The summed E-state index contributed by atoms with van der Waals surface area (Å²) in [4.78, 5) is 30.3. The Balaban J connectivity index is 1.85. The molecule has 158 valence electrons. The summed E-state index contributed by atoms with van der Waals surface area (Å²) in [6, 6.07) is 4.41. The molecule has 11 heteroatoms. The van der Waals surface area contributed by atoms with Crippen LogP contribution in [0.15, 0.2) is 36.7 Å². The number of H-pyrrole nitrogens is 1. The van der Waals surface area contributed by atoms with Crippen LogP contribution in [0.5, 0.6) is 0 Å². The normalized spacial score (nSPS) is 11.7. The first kappa shape index (κ1) is 21.1. The number of nitrogens with two attached hydrogens (primary N) is 1. The van der Waals surface area contributed by atoms with Crippen molar-refractivity contribution < 1.29 is 22.8 Å². The molecule has 3 aromatic rings. The van der Waals surface area contributed by atoms with Gasteiger partial charge in [0.25, 0.3) is 0 Å². The number of rotatable bonds is 4. The Hall–Kier alpha value is -3.63. The van der Waals surface area contributed by atoms with E-state index in [1.807, 2.05) is 0 Å². The second-order valence-corrected chi connectivity index (χ2v) is 6.85. The Bertz CT molecular complexity index is 1090. The lowest BCUT2D eigenvalue weighted by molar-refractivity contribution is -0.145. The maximum atomic E-state index is 13.3. The van der Waals surface area contributed by atoms with Crippen molar-refractivity contribution >= 4 is 34.2 Å². The minimum Gasteiger partial charge on any atom is -0.383 e. The number of nitrogens with one attached hydrogen (secondary N) is 2. The molecule has 0 bridgehead atoms. The van der Waals surface area contributed by atoms with Crippen molar-refractivity contribution in [2.75, 3.05) is 11.1 Å². The molecule has 0 spiro atoms. The van der Waals surface area contributed by atoms with Gasteiger partial charge in [0.1, 0.15) is 5.82 Å². The van der Waals surface area contributed by atoms with Crippen LogP contribution in [0.3, 0.4) is 0 Å². The number of carbonyl (C=O) groups excluding carboxylic acids is 2. The van der Waals surface area contributed by atoms with Gasteiger partial charge < -0.3 is 16.0 Å². The number of fused-ring (bicyclic) bond motifs is 1. The number of benzene rings is 1. The molecule has 2 aromatic heterocycles. The van der Waals surface area contributed by atoms with Gasteiger partial charge in [0, 0.05) is 12.6 Å². The van der Waals surface area contributed by atoms with Crippen LogP contribution in [-0.4, -0.2) is 37.9 Å². The van der Waals surface area contributed by atoms with E-state index in [0.717, 1.165) is 11.0 Å². The summed E-state index contributed by atoms with van der Waals surface area (Å²) >= 11 is 0. The minimum absolute atomic E-state index is 0.107. The van der Waals surface area contributed by atoms with Crippen LogP contribution in [0, 0.1) is 0 Å². The highest BCUT2D eigenvalue weighted by Crippen LogP contribution is 2.32. The molecule has 2 heterocycles. The molecule has 0 aliphatic heterocycles. The number of hydrogen-bond acceptors (Lipinski definition) is 5. The van der Waals surface area contributed by atoms with Crippen LogP contribution in [-0.2, 0) is 22.3 Å². The molecule has 0 aliphatic rings. The SMILES string of the molecule is CC(C)N(Cc1ccccc1C(F)(F)F)C(=O)C(=O)Nc1cnc(N)c2cn[nH]c12. The maximum absolute atomic E-state index is 13.3. The van der Waals surface area contributed by atoms with Crippen molar-refractivity contribution in [3.8, 4) is 0 Å². The van der Waals surface area contributed by atoms with Crippen molar-refractivity contribution in [3.05, 3.63) is 47.8 Å². The number of halogens is 3. The van der Waals surface area contributed by atoms with Crippen molar-refractivity contribution in [1.82, 2.24) is 20.1 Å². The van der Waals surface area contributed by atoms with Gasteiger partial charge in [0.05, 0.1) is 34.5 Å². The molecule has 3 rings (SSSR count). The van der Waals surface area contributed by atoms with Gasteiger partial charge in [0.2, 0.25) is 0 Å². The van der Waals surface area contributed by atoms with Gasteiger partial charge in [-0.25, -0.2) is 4.98 Å². The molecule has 0 fully saturated rings. The highest BCUT2D eigenvalue weighted by Gasteiger charge is 2.34. The standard InChI is InChI=1S/C19H19F3N6O2/c1-10(2)28(9-11-5-3-4-6-13(11)19(20,21)22)18(30)17(29)26-14-8-24-16(23)12-7-25-27-15(12)14/h3-8,10H,9H2,1-2H3,(H2,23,24)(H,25,27)(H,26,29). The molecule has 0 unspecified atom stereocenters. The predicted molar refractivity (Wildman–Crippen MR) is 104 cm³/mol. The summed E-state index contributed by atoms with van der Waals surface area (Å²) in [7, 11) is 0. The zero-order valence-corrected chi connectivity index (χ0v) is 16.1. The number of pyridine rings is 1. The summed E-state index contributed by atoms with van der Waals surface area (Å²) in [5.41, 5.74) is 5.32. The Morgan fingerprint density at radius 2 is 1.93 bits per heavy atom. The van der Waals surface area contributed by atoms with Crippen LogP contribution in [0.2, 0.25) is 0 Å². The number of nitrogens with zero attached hydrogens (tertiary/aromatic N) is 3. The van der Waals surface area contributed by atoms with Gasteiger partial charge in [-0.3, -0.25) is 14.7 Å². The molecule has 4 N–H and O–H groups in total. The van der Waals surface area contributed by atoms with Crippen LogP contribution >= 0.6 is 0 Å². The smallest absolute Gasteiger partial charge is 0.383 e. The monoisotopic (exact) mass is 420 g/mol. The molecular weight excluding hydrogens is 401 g/mol. The number of carbonyl (C=O) groups is 2. The van der Waals surface area contributed by atoms with Crippen LogP contribution in [0.4, 0.5) is 24.7 Å². The fourth-order valence-corrected chi connectivity index (χ4v) is 2.96. The summed E-state index contributed by atoms with van der Waals surface area (Å²) in [6.07, 6.45) is -1.89. The van der Waals surface area contributed by atoms with Gasteiger partial charge in [0.15, 0.2) is 0 Å². The summed E-state index contributed by atoms with van der Waals surface area (Å²) < 4.78 is 39.9. The quantitative estimate of drug-likeness (QED) is 0.561. The fraction of sp³-hybridized carbons (Fsp3) is 0.263. The highest BCUT2D eigenvalue weighted by molar-refractivity contribution is 6.40. The van der Waals surface area contributed by atoms with Crippen molar-refractivity contribution in [2.24, 2.45) is 0 Å². The first-order valence-corrected chi connectivity index (χ1v) is 8.94. The topological polar surface area (TPSA) is 117 Å². The summed E-state index contributed by atoms with van der Waals surface area (Å²) in [5.74, 6) is -1.81. The fourth-order valence-electron chi connectivity index (χ4n) is 2.96. The van der Waals surface area contributed by atoms with Crippen LogP contribution < -0.4 is 11.1 Å². The Morgan fingerprint density at radius 1 is 1.23 bits per heavy atom. The Kier molecular flexibility index (Phi) is 5.63. The number of aromatic nitrogens is 3. The number of nitrogen functional groups attached to an aromatic ring is 1. The molecule has 1 aromatic carbocycles. The van der Waals surface area contributed by atoms with Gasteiger partial charge >= 0.3 is 18.0 Å². The zero-order valence-electron chi connectivity index (χ0n) is 16.1. The van der Waals surface area contributed by atoms with E-state index in [0.29, 0.717) is 10.9 Å². The third-order valence-corrected chi connectivity index (χ3v) is 4.51. The second-order valence-electron chi connectivity index (χ2n) is 6.85. The van der Waals surface area contributed by atoms with Crippen LogP contribution in [0.25, 0.3) is 10.9 Å². The van der Waals surface area contributed by atoms with E-state index in [4.69, 9.17) is 5.73 Å².